The normalized spacial score (nSPS) is 18.9. The number of benzene rings is 1. The van der Waals surface area contributed by atoms with Crippen LogP contribution in [0, 0.1) is 0 Å². The summed E-state index contributed by atoms with van der Waals surface area (Å²) in [6.07, 6.45) is 0.952. The smallest absolute Gasteiger partial charge is 0.126 e. The Balaban J connectivity index is 2.35. The van der Waals surface area contributed by atoms with Crippen LogP contribution in [-0.2, 0) is 0 Å². The zero-order valence-corrected chi connectivity index (χ0v) is 8.32. The van der Waals surface area contributed by atoms with Crippen LogP contribution in [0.5, 0.6) is 11.5 Å². The summed E-state index contributed by atoms with van der Waals surface area (Å²) < 4.78 is 10.9. The Morgan fingerprint density at radius 3 is 3.14 bits per heavy atom. The molecule has 1 aromatic rings. The van der Waals surface area contributed by atoms with Gasteiger partial charge in [0.25, 0.3) is 0 Å². The topological polar surface area (TPSA) is 44.5 Å². The lowest BCUT2D eigenvalue weighted by atomic mass is 9.97. The predicted molar refractivity (Wildman–Crippen MR) is 54.9 cm³/mol. The minimum absolute atomic E-state index is 0.395. The summed E-state index contributed by atoms with van der Waals surface area (Å²) in [6, 6.07) is 5.90. The fourth-order valence-corrected chi connectivity index (χ4v) is 1.93. The molecule has 1 unspecified atom stereocenters. The summed E-state index contributed by atoms with van der Waals surface area (Å²) in [5.41, 5.74) is 6.74. The first-order valence-electron chi connectivity index (χ1n) is 4.86. The summed E-state index contributed by atoms with van der Waals surface area (Å²) in [4.78, 5) is 0. The number of hydrogen-bond acceptors (Lipinski definition) is 3. The van der Waals surface area contributed by atoms with E-state index in [0.29, 0.717) is 12.5 Å². The van der Waals surface area contributed by atoms with Crippen molar-refractivity contribution in [1.82, 2.24) is 0 Å². The highest BCUT2D eigenvalue weighted by Gasteiger charge is 2.26. The number of methoxy groups -OCH3 is 1. The van der Waals surface area contributed by atoms with E-state index in [-0.39, 0.29) is 0 Å². The number of hydrogen-bond donors (Lipinski definition) is 1. The molecule has 76 valence electrons. The van der Waals surface area contributed by atoms with Crippen LogP contribution in [0.1, 0.15) is 17.9 Å². The molecule has 0 amide bonds. The van der Waals surface area contributed by atoms with Crippen molar-refractivity contribution in [1.29, 1.82) is 0 Å². The van der Waals surface area contributed by atoms with Crippen LogP contribution < -0.4 is 15.2 Å². The van der Waals surface area contributed by atoms with Gasteiger partial charge >= 0.3 is 0 Å². The van der Waals surface area contributed by atoms with E-state index in [1.165, 1.54) is 5.56 Å². The SMILES string of the molecule is COc1cccc2c1C(CCN)CO2. The molecule has 0 bridgehead atoms. The Labute approximate surface area is 83.8 Å². The summed E-state index contributed by atoms with van der Waals surface area (Å²) >= 11 is 0. The average Bonchev–Trinajstić information content (AvgIpc) is 2.62. The van der Waals surface area contributed by atoms with Gasteiger partial charge in [-0.2, -0.15) is 0 Å². The molecule has 0 radical (unpaired) electrons. The first-order chi connectivity index (χ1) is 6.86. The number of rotatable bonds is 3. The van der Waals surface area contributed by atoms with Crippen molar-refractivity contribution < 1.29 is 9.47 Å². The summed E-state index contributed by atoms with van der Waals surface area (Å²) in [6.45, 7) is 1.42. The van der Waals surface area contributed by atoms with Crippen molar-refractivity contribution in [3.63, 3.8) is 0 Å². The Bertz CT molecular complexity index is 323. The second kappa shape index (κ2) is 3.88. The number of fused-ring (bicyclic) bond motifs is 1. The van der Waals surface area contributed by atoms with Gasteiger partial charge in [0.05, 0.1) is 13.7 Å². The summed E-state index contributed by atoms with van der Waals surface area (Å²) in [7, 11) is 1.69. The highest BCUT2D eigenvalue weighted by molar-refractivity contribution is 5.49. The van der Waals surface area contributed by atoms with Crippen LogP contribution in [-0.4, -0.2) is 20.3 Å². The molecule has 1 aromatic carbocycles. The van der Waals surface area contributed by atoms with Gasteiger partial charge in [-0.1, -0.05) is 6.07 Å². The van der Waals surface area contributed by atoms with E-state index in [0.717, 1.165) is 24.5 Å². The van der Waals surface area contributed by atoms with Gasteiger partial charge in [0, 0.05) is 11.5 Å². The molecule has 0 saturated heterocycles. The zero-order chi connectivity index (χ0) is 9.97. The highest BCUT2D eigenvalue weighted by Crippen LogP contribution is 2.41. The van der Waals surface area contributed by atoms with Gasteiger partial charge in [-0.3, -0.25) is 0 Å². The van der Waals surface area contributed by atoms with E-state index in [1.54, 1.807) is 7.11 Å². The fraction of sp³-hybridized carbons (Fsp3) is 0.455. The van der Waals surface area contributed by atoms with Gasteiger partial charge in [-0.15, -0.1) is 0 Å². The maximum Gasteiger partial charge on any atom is 0.126 e. The van der Waals surface area contributed by atoms with Gasteiger partial charge in [0.15, 0.2) is 0 Å². The first-order valence-corrected chi connectivity index (χ1v) is 4.86. The predicted octanol–water partition coefficient (Wildman–Crippen LogP) is 1.52. The van der Waals surface area contributed by atoms with Crippen LogP contribution in [0.3, 0.4) is 0 Å². The summed E-state index contributed by atoms with van der Waals surface area (Å²) in [5, 5.41) is 0. The third kappa shape index (κ3) is 1.44. The minimum Gasteiger partial charge on any atom is -0.496 e. The maximum absolute atomic E-state index is 5.57. The number of nitrogens with two attached hydrogens (primary N) is 1. The second-order valence-corrected chi connectivity index (χ2v) is 3.46. The zero-order valence-electron chi connectivity index (χ0n) is 8.32. The molecule has 0 fully saturated rings. The van der Waals surface area contributed by atoms with Gasteiger partial charge in [0.1, 0.15) is 11.5 Å². The summed E-state index contributed by atoms with van der Waals surface area (Å²) in [5.74, 6) is 2.26. The highest BCUT2D eigenvalue weighted by atomic mass is 16.5. The molecular weight excluding hydrogens is 178 g/mol. The Morgan fingerprint density at radius 2 is 2.43 bits per heavy atom. The second-order valence-electron chi connectivity index (χ2n) is 3.46. The molecule has 0 aromatic heterocycles. The van der Waals surface area contributed by atoms with Crippen molar-refractivity contribution in [2.24, 2.45) is 5.73 Å². The lowest BCUT2D eigenvalue weighted by Crippen LogP contribution is -2.09. The van der Waals surface area contributed by atoms with Crippen LogP contribution in [0.2, 0.25) is 0 Å². The Kier molecular flexibility index (Phi) is 2.59. The van der Waals surface area contributed by atoms with Gasteiger partial charge in [-0.05, 0) is 25.1 Å². The molecule has 1 heterocycles. The molecule has 1 aliphatic heterocycles. The van der Waals surface area contributed by atoms with Gasteiger partial charge in [-0.25, -0.2) is 0 Å². The van der Waals surface area contributed by atoms with Gasteiger partial charge in [0.2, 0.25) is 0 Å². The minimum atomic E-state index is 0.395. The third-order valence-corrected chi connectivity index (χ3v) is 2.61. The van der Waals surface area contributed by atoms with E-state index >= 15 is 0 Å². The van der Waals surface area contributed by atoms with Crippen LogP contribution >= 0.6 is 0 Å². The fourth-order valence-electron chi connectivity index (χ4n) is 1.93. The van der Waals surface area contributed by atoms with Crippen molar-refractivity contribution >= 4 is 0 Å². The van der Waals surface area contributed by atoms with Crippen molar-refractivity contribution in [2.75, 3.05) is 20.3 Å². The largest absolute Gasteiger partial charge is 0.496 e. The Hall–Kier alpha value is -1.22. The third-order valence-electron chi connectivity index (χ3n) is 2.61. The maximum atomic E-state index is 5.57. The van der Waals surface area contributed by atoms with Crippen molar-refractivity contribution in [3.05, 3.63) is 23.8 Å². The number of ether oxygens (including phenoxy) is 2. The molecule has 3 heteroatoms. The Morgan fingerprint density at radius 1 is 1.57 bits per heavy atom. The molecule has 0 aliphatic carbocycles. The lowest BCUT2D eigenvalue weighted by molar-refractivity contribution is 0.326. The van der Waals surface area contributed by atoms with E-state index in [2.05, 4.69) is 0 Å². The van der Waals surface area contributed by atoms with Gasteiger partial charge < -0.3 is 15.2 Å². The molecule has 1 atom stereocenters. The molecular formula is C11H15NO2. The molecule has 2 rings (SSSR count). The van der Waals surface area contributed by atoms with Crippen LogP contribution in [0.4, 0.5) is 0 Å². The monoisotopic (exact) mass is 193 g/mol. The van der Waals surface area contributed by atoms with E-state index in [9.17, 15) is 0 Å². The molecule has 0 saturated carbocycles. The lowest BCUT2D eigenvalue weighted by Gasteiger charge is -2.10. The molecule has 0 spiro atoms. The molecule has 1 aliphatic rings. The van der Waals surface area contributed by atoms with Crippen LogP contribution in [0.25, 0.3) is 0 Å². The molecule has 3 nitrogen and oxygen atoms in total. The molecule has 14 heavy (non-hydrogen) atoms. The standard InChI is InChI=1S/C11H15NO2/c1-13-9-3-2-4-10-11(9)8(5-6-12)7-14-10/h2-4,8H,5-7,12H2,1H3. The van der Waals surface area contributed by atoms with E-state index in [1.807, 2.05) is 18.2 Å². The van der Waals surface area contributed by atoms with Crippen LogP contribution in [0.15, 0.2) is 18.2 Å². The van der Waals surface area contributed by atoms with Crippen molar-refractivity contribution in [2.45, 2.75) is 12.3 Å². The molecule has 2 N–H and O–H groups in total. The van der Waals surface area contributed by atoms with Crippen molar-refractivity contribution in [3.8, 4) is 11.5 Å². The van der Waals surface area contributed by atoms with E-state index in [4.69, 9.17) is 15.2 Å². The first kappa shape index (κ1) is 9.34. The quantitative estimate of drug-likeness (QED) is 0.791. The van der Waals surface area contributed by atoms with E-state index < -0.39 is 0 Å². The average molecular weight is 193 g/mol.